The molecule has 0 saturated heterocycles. The second-order valence-corrected chi connectivity index (χ2v) is 2.83. The summed E-state index contributed by atoms with van der Waals surface area (Å²) in [6.45, 7) is 0. The van der Waals surface area contributed by atoms with Crippen molar-refractivity contribution in [1.29, 1.82) is 0 Å². The Labute approximate surface area is 81.3 Å². The Kier molecular flexibility index (Phi) is 3.40. The zero-order valence-corrected chi connectivity index (χ0v) is 7.64. The highest BCUT2D eigenvalue weighted by Gasteiger charge is 1.88. The summed E-state index contributed by atoms with van der Waals surface area (Å²) in [6.07, 6.45) is 3.36. The molecule has 0 aliphatic rings. The second kappa shape index (κ2) is 4.57. The largest absolute Gasteiger partial charge is 0.376 e. The highest BCUT2D eigenvalue weighted by atomic mass is 32.1. The molecule has 3 N–H and O–H groups in total. The third-order valence-corrected chi connectivity index (χ3v) is 1.49. The maximum atomic E-state index is 12.5. The Bertz CT molecular complexity index is 319. The van der Waals surface area contributed by atoms with Crippen LogP contribution in [0, 0.1) is 5.82 Å². The lowest BCUT2D eigenvalue weighted by molar-refractivity contribution is 0.628. The number of nitrogens with two attached hydrogens (primary N) is 1. The zero-order chi connectivity index (χ0) is 9.68. The van der Waals surface area contributed by atoms with Gasteiger partial charge in [0, 0.05) is 6.20 Å². The first-order valence-electron chi connectivity index (χ1n) is 3.66. The third-order valence-electron chi connectivity index (χ3n) is 1.37. The predicted octanol–water partition coefficient (Wildman–Crippen LogP) is 1.63. The van der Waals surface area contributed by atoms with Gasteiger partial charge in [-0.3, -0.25) is 0 Å². The number of hydrogen-bond acceptors (Lipinski definition) is 1. The summed E-state index contributed by atoms with van der Waals surface area (Å²) in [5, 5.41) is 2.85. The fourth-order valence-corrected chi connectivity index (χ4v) is 0.862. The first kappa shape index (κ1) is 9.67. The Morgan fingerprint density at radius 2 is 2.00 bits per heavy atom. The summed E-state index contributed by atoms with van der Waals surface area (Å²) in [5.74, 6) is -0.251. The number of thiocarbonyl (C=S) groups is 1. The highest BCUT2D eigenvalue weighted by Crippen LogP contribution is 2.03. The summed E-state index contributed by atoms with van der Waals surface area (Å²) >= 11 is 4.59. The molecule has 0 amide bonds. The summed E-state index contributed by atoms with van der Waals surface area (Å²) in [4.78, 5) is 0. The van der Waals surface area contributed by atoms with Gasteiger partial charge in [0.25, 0.3) is 0 Å². The zero-order valence-electron chi connectivity index (χ0n) is 6.83. The summed E-state index contributed by atoms with van der Waals surface area (Å²) in [5.41, 5.74) is 6.07. The number of hydrogen-bond donors (Lipinski definition) is 2. The van der Waals surface area contributed by atoms with E-state index in [4.69, 9.17) is 5.73 Å². The molecule has 2 nitrogen and oxygen atoms in total. The van der Waals surface area contributed by atoms with Crippen LogP contribution in [0.3, 0.4) is 0 Å². The molecule has 0 atom stereocenters. The van der Waals surface area contributed by atoms with E-state index in [0.717, 1.165) is 5.56 Å². The van der Waals surface area contributed by atoms with Gasteiger partial charge in [-0.1, -0.05) is 12.1 Å². The fourth-order valence-electron chi connectivity index (χ4n) is 0.794. The van der Waals surface area contributed by atoms with Gasteiger partial charge in [-0.05, 0) is 36.0 Å². The van der Waals surface area contributed by atoms with Crippen LogP contribution in [0.15, 0.2) is 30.5 Å². The number of benzene rings is 1. The molecule has 1 rings (SSSR count). The molecule has 0 heterocycles. The monoisotopic (exact) mass is 196 g/mol. The summed E-state index contributed by atoms with van der Waals surface area (Å²) < 4.78 is 12.5. The van der Waals surface area contributed by atoms with Crippen LogP contribution < -0.4 is 11.1 Å². The molecule has 13 heavy (non-hydrogen) atoms. The Hall–Kier alpha value is -1.42. The van der Waals surface area contributed by atoms with Crippen molar-refractivity contribution in [2.45, 2.75) is 0 Å². The van der Waals surface area contributed by atoms with Crippen molar-refractivity contribution in [2.75, 3.05) is 0 Å². The van der Waals surface area contributed by atoms with Crippen LogP contribution in [-0.2, 0) is 0 Å². The van der Waals surface area contributed by atoms with E-state index in [-0.39, 0.29) is 10.9 Å². The van der Waals surface area contributed by atoms with Crippen molar-refractivity contribution in [3.05, 3.63) is 41.8 Å². The fraction of sp³-hybridized carbons (Fsp3) is 0. The number of nitrogens with one attached hydrogen (secondary N) is 1. The molecule has 0 bridgehead atoms. The molecule has 0 saturated carbocycles. The van der Waals surface area contributed by atoms with Crippen LogP contribution in [0.2, 0.25) is 0 Å². The molecule has 0 fully saturated rings. The van der Waals surface area contributed by atoms with E-state index in [1.54, 1.807) is 24.4 Å². The molecule has 0 aliphatic heterocycles. The number of halogens is 1. The van der Waals surface area contributed by atoms with Gasteiger partial charge in [0.05, 0.1) is 0 Å². The summed E-state index contributed by atoms with van der Waals surface area (Å²) in [6, 6.07) is 6.10. The van der Waals surface area contributed by atoms with E-state index in [1.165, 1.54) is 12.1 Å². The molecular formula is C9H9FN2S. The van der Waals surface area contributed by atoms with Crippen molar-refractivity contribution in [3.63, 3.8) is 0 Å². The molecule has 0 spiro atoms. The van der Waals surface area contributed by atoms with E-state index in [2.05, 4.69) is 17.5 Å². The lowest BCUT2D eigenvalue weighted by Gasteiger charge is -1.95. The second-order valence-electron chi connectivity index (χ2n) is 2.39. The molecule has 0 aromatic heterocycles. The quantitative estimate of drug-likeness (QED) is 0.706. The van der Waals surface area contributed by atoms with Crippen LogP contribution in [0.25, 0.3) is 6.08 Å². The van der Waals surface area contributed by atoms with E-state index in [9.17, 15) is 4.39 Å². The Morgan fingerprint density at radius 1 is 1.38 bits per heavy atom. The van der Waals surface area contributed by atoms with Crippen LogP contribution in [0.5, 0.6) is 0 Å². The molecular weight excluding hydrogens is 187 g/mol. The van der Waals surface area contributed by atoms with E-state index >= 15 is 0 Å². The minimum absolute atomic E-state index is 0.207. The number of rotatable bonds is 2. The SMILES string of the molecule is NC(=S)NC=Cc1ccc(F)cc1. The van der Waals surface area contributed by atoms with Gasteiger partial charge < -0.3 is 11.1 Å². The van der Waals surface area contributed by atoms with Crippen molar-refractivity contribution < 1.29 is 4.39 Å². The molecule has 1 aromatic carbocycles. The van der Waals surface area contributed by atoms with Gasteiger partial charge >= 0.3 is 0 Å². The van der Waals surface area contributed by atoms with Crippen molar-refractivity contribution in [3.8, 4) is 0 Å². The maximum Gasteiger partial charge on any atom is 0.167 e. The van der Waals surface area contributed by atoms with Crippen molar-refractivity contribution in [1.82, 2.24) is 5.32 Å². The van der Waals surface area contributed by atoms with E-state index in [0.29, 0.717) is 0 Å². The van der Waals surface area contributed by atoms with Crippen molar-refractivity contribution >= 4 is 23.4 Å². The van der Waals surface area contributed by atoms with Crippen molar-refractivity contribution in [2.24, 2.45) is 5.73 Å². The van der Waals surface area contributed by atoms with Crippen LogP contribution in [-0.4, -0.2) is 5.11 Å². The lowest BCUT2D eigenvalue weighted by atomic mass is 10.2. The van der Waals surface area contributed by atoms with Crippen LogP contribution in [0.1, 0.15) is 5.56 Å². The first-order chi connectivity index (χ1) is 6.18. The lowest BCUT2D eigenvalue weighted by Crippen LogP contribution is -2.23. The molecule has 0 radical (unpaired) electrons. The van der Waals surface area contributed by atoms with E-state index in [1.807, 2.05) is 0 Å². The van der Waals surface area contributed by atoms with Gasteiger partial charge in [0.2, 0.25) is 0 Å². The average Bonchev–Trinajstić information content (AvgIpc) is 2.08. The van der Waals surface area contributed by atoms with E-state index < -0.39 is 0 Å². The van der Waals surface area contributed by atoms with Gasteiger partial charge in [-0.15, -0.1) is 0 Å². The van der Waals surface area contributed by atoms with Gasteiger partial charge in [-0.2, -0.15) is 0 Å². The topological polar surface area (TPSA) is 38.0 Å². The van der Waals surface area contributed by atoms with Crippen LogP contribution in [0.4, 0.5) is 4.39 Å². The minimum atomic E-state index is -0.251. The third kappa shape index (κ3) is 3.66. The smallest absolute Gasteiger partial charge is 0.167 e. The average molecular weight is 196 g/mol. The van der Waals surface area contributed by atoms with Gasteiger partial charge in [0.1, 0.15) is 5.82 Å². The predicted molar refractivity (Wildman–Crippen MR) is 55.4 cm³/mol. The normalized spacial score (nSPS) is 10.2. The minimum Gasteiger partial charge on any atom is -0.376 e. The van der Waals surface area contributed by atoms with Gasteiger partial charge in [0.15, 0.2) is 5.11 Å². The van der Waals surface area contributed by atoms with Crippen LogP contribution >= 0.6 is 12.2 Å². The molecule has 1 aromatic rings. The molecule has 4 heteroatoms. The standard InChI is InChI=1S/C9H9FN2S/c10-8-3-1-7(2-4-8)5-6-12-9(11)13/h1-6H,(H3,11,12,13). The highest BCUT2D eigenvalue weighted by molar-refractivity contribution is 7.80. The van der Waals surface area contributed by atoms with Gasteiger partial charge in [-0.25, -0.2) is 4.39 Å². The molecule has 0 unspecified atom stereocenters. The maximum absolute atomic E-state index is 12.5. The molecule has 0 aliphatic carbocycles. The molecule has 68 valence electrons. The first-order valence-corrected chi connectivity index (χ1v) is 4.07. The Morgan fingerprint density at radius 3 is 2.54 bits per heavy atom. The summed E-state index contributed by atoms with van der Waals surface area (Å²) in [7, 11) is 0. The Balaban J connectivity index is 2.59.